The maximum Gasteiger partial charge on any atom is 0.405 e. The normalized spacial score (nSPS) is 13.8. The van der Waals surface area contributed by atoms with Crippen molar-refractivity contribution in [1.29, 1.82) is 0 Å². The number of hydrogen-bond acceptors (Lipinski definition) is 12. The van der Waals surface area contributed by atoms with Crippen molar-refractivity contribution in [2.75, 3.05) is 19.2 Å². The summed E-state index contributed by atoms with van der Waals surface area (Å²) >= 11 is 0. The Morgan fingerprint density at radius 2 is 0.711 bits per heavy atom. The highest BCUT2D eigenvalue weighted by molar-refractivity contribution is 6.78. The second kappa shape index (κ2) is 23.7. The van der Waals surface area contributed by atoms with Crippen molar-refractivity contribution in [1.82, 2.24) is 19.9 Å². The zero-order valence-electron chi connectivity index (χ0n) is 53.6. The molecule has 0 aliphatic carbocycles. The van der Waals surface area contributed by atoms with Crippen LogP contribution in [0, 0.1) is 41.5 Å². The van der Waals surface area contributed by atoms with E-state index in [-0.39, 0.29) is 27.4 Å². The highest BCUT2D eigenvalue weighted by Gasteiger charge is 2.34. The molecule has 4 aliphatic rings. The molecule has 0 saturated carbocycles. The summed E-state index contributed by atoms with van der Waals surface area (Å²) in [5.41, 5.74) is 14.1. The minimum Gasteiger partial charge on any atom is -0.439 e. The molecule has 0 atom stereocenters. The Hall–Kier alpha value is -10.2. The molecule has 20 heteroatoms. The van der Waals surface area contributed by atoms with Gasteiger partial charge in [-0.15, -0.1) is 0 Å². The molecule has 12 aromatic heterocycles. The Labute approximate surface area is 523 Å². The van der Waals surface area contributed by atoms with Crippen molar-refractivity contribution in [3.63, 3.8) is 0 Å². The number of aromatic nitrogens is 8. The van der Waals surface area contributed by atoms with Crippen LogP contribution in [0.2, 0.25) is 27.3 Å². The molecule has 16 rings (SSSR count). The summed E-state index contributed by atoms with van der Waals surface area (Å²) in [7, 11) is 8.32. The maximum atomic E-state index is 5.94. The predicted octanol–water partition coefficient (Wildman–Crippen LogP) is 5.26. The fraction of sp³-hybridized carbons (Fsp3) is 0.200. The van der Waals surface area contributed by atoms with E-state index in [1.54, 1.807) is 24.8 Å². The van der Waals surface area contributed by atoms with E-state index in [9.17, 15) is 0 Å². The minimum absolute atomic E-state index is 0.219. The molecule has 16 nitrogen and oxygen atoms in total. The number of fused-ring (bicyclic) bond motifs is 12. The van der Waals surface area contributed by atoms with E-state index in [1.807, 2.05) is 24.3 Å². The first-order valence-corrected chi connectivity index (χ1v) is 30.6. The predicted molar refractivity (Wildman–Crippen MR) is 364 cm³/mol. The maximum absolute atomic E-state index is 5.94. The minimum atomic E-state index is 0.219. The number of furan rings is 4. The van der Waals surface area contributed by atoms with E-state index < -0.39 is 0 Å². The Kier molecular flexibility index (Phi) is 15.5. The first-order chi connectivity index (χ1) is 43.3. The van der Waals surface area contributed by atoms with Crippen molar-refractivity contribution in [3.05, 3.63) is 210 Å². The van der Waals surface area contributed by atoms with Crippen LogP contribution in [0.1, 0.15) is 33.4 Å². The lowest BCUT2D eigenvalue weighted by molar-refractivity contribution is -0.658. The van der Waals surface area contributed by atoms with Crippen LogP contribution in [0.4, 0.5) is 23.3 Å². The van der Waals surface area contributed by atoms with E-state index in [0.717, 1.165) is 81.5 Å². The summed E-state index contributed by atoms with van der Waals surface area (Å²) < 4.78 is 32.2. The summed E-state index contributed by atoms with van der Waals surface area (Å²) in [4.78, 5) is 26.3. The van der Waals surface area contributed by atoms with E-state index in [0.29, 0.717) is 22.9 Å². The average molecular weight is 1190 g/mol. The van der Waals surface area contributed by atoms with Gasteiger partial charge in [0.15, 0.2) is 5.42 Å². The Balaban J connectivity index is 0.000000110. The standard InChI is InChI=1S/2C18H19BN3O.2C17H17BN3O/c1-12-8-17(21(4)10-13(12)2)22-11-15-14-6-5-7-20-18(14)23-16(15)9-19(22)3;1-12-8-17(21(4)10-13(12)2)22-11-16-15(9-19(22)3)14-6-5-7-20-18(14)23-16;1-12-6-7-16(20(3)10-12)21-11-14-13-5-4-8-19-17(13)22-15(14)9-18(21)2;1-12-6-8-20(3)16(9-12)21-11-14-13-5-4-7-19-17(13)22-15(14)10-18(21)2/h2*5-11H,1-4H3;2*4-11H,1-3H3/q4*+1. The third kappa shape index (κ3) is 11.0. The SMILES string of the molecule is CB1C=c2c(oc3ncccc23)=CN1c1cc(C)c(C)c[n+]1C.CB1C=c2oc3ncccc3c2=CN1c1cc(C)c(C)c[n+]1C.CB1C=c2oc3ncccc3c2=CN1c1cc(C)cc[n+]1C.CB1C=c2oc3ncccc3c2=CN1c1ccc(C)c[n+]1C. The fourth-order valence-electron chi connectivity index (χ4n) is 12.4. The van der Waals surface area contributed by atoms with Crippen LogP contribution in [-0.4, -0.2) is 47.3 Å². The van der Waals surface area contributed by atoms with Gasteiger partial charge in [-0.1, -0.05) is 5.98 Å². The average Bonchev–Trinajstić information content (AvgIpc) is 1.64. The highest BCUT2D eigenvalue weighted by Crippen LogP contribution is 2.22. The van der Waals surface area contributed by atoms with Gasteiger partial charge >= 0.3 is 27.4 Å². The molecule has 0 fully saturated rings. The van der Waals surface area contributed by atoms with Crippen molar-refractivity contribution >= 4 is 144 Å². The summed E-state index contributed by atoms with van der Waals surface area (Å²) in [6.07, 6.45) is 24.2. The molecule has 0 spiro atoms. The number of aryl methyl sites for hydroxylation is 10. The molecule has 16 heterocycles. The van der Waals surface area contributed by atoms with Gasteiger partial charge in [-0.25, -0.2) is 38.2 Å². The zero-order chi connectivity index (χ0) is 62.8. The van der Waals surface area contributed by atoms with Crippen LogP contribution >= 0.6 is 0 Å². The number of anilines is 4. The van der Waals surface area contributed by atoms with Gasteiger partial charge in [0.05, 0.1) is 103 Å². The Morgan fingerprint density at radius 1 is 0.344 bits per heavy atom. The third-order valence-electron chi connectivity index (χ3n) is 17.6. The molecule has 0 bridgehead atoms. The number of hydrogen-bond donors (Lipinski definition) is 0. The van der Waals surface area contributed by atoms with Crippen LogP contribution < -0.4 is 80.0 Å². The molecule has 0 radical (unpaired) electrons. The monoisotopic (exact) mass is 1190 g/mol. The van der Waals surface area contributed by atoms with Crippen LogP contribution in [-0.2, 0) is 28.2 Å². The van der Waals surface area contributed by atoms with E-state index in [4.69, 9.17) is 17.7 Å². The first-order valence-electron chi connectivity index (χ1n) is 30.6. The van der Waals surface area contributed by atoms with Crippen molar-refractivity contribution in [2.24, 2.45) is 28.2 Å². The number of rotatable bonds is 4. The van der Waals surface area contributed by atoms with E-state index in [1.165, 1.54) is 39.2 Å². The molecule has 0 amide bonds. The number of pyridine rings is 8. The quantitative estimate of drug-likeness (QED) is 0.168. The van der Waals surface area contributed by atoms with Crippen LogP contribution in [0.25, 0.3) is 93.1 Å². The van der Waals surface area contributed by atoms with Gasteiger partial charge in [0.25, 0.3) is 23.3 Å². The largest absolute Gasteiger partial charge is 0.439 e. The van der Waals surface area contributed by atoms with Crippen LogP contribution in [0.15, 0.2) is 152 Å². The molecule has 0 aromatic carbocycles. The number of nitrogens with zero attached hydrogens (tertiary/aromatic N) is 12. The highest BCUT2D eigenvalue weighted by atomic mass is 16.3. The molecule has 4 aliphatic heterocycles. The Morgan fingerprint density at radius 3 is 1.14 bits per heavy atom. The lowest BCUT2D eigenvalue weighted by Crippen LogP contribution is -2.47. The summed E-state index contributed by atoms with van der Waals surface area (Å²) in [5, 5.41) is 8.69. The molecule has 0 N–H and O–H groups in total. The van der Waals surface area contributed by atoms with Gasteiger partial charge in [0.1, 0.15) is 22.4 Å². The van der Waals surface area contributed by atoms with Crippen LogP contribution in [0.5, 0.6) is 0 Å². The van der Waals surface area contributed by atoms with Crippen molar-refractivity contribution in [2.45, 2.75) is 68.8 Å². The van der Waals surface area contributed by atoms with Gasteiger partial charge in [-0.3, -0.25) is 19.2 Å². The molecule has 0 unspecified atom stereocenters. The summed E-state index contributed by atoms with van der Waals surface area (Å²) in [6, 6.07) is 29.1. The van der Waals surface area contributed by atoms with E-state index in [2.05, 4.69) is 289 Å². The van der Waals surface area contributed by atoms with Crippen LogP contribution in [0.3, 0.4) is 0 Å². The second-order valence-corrected chi connectivity index (χ2v) is 24.3. The topological polar surface area (TPSA) is 133 Å². The van der Waals surface area contributed by atoms with Gasteiger partial charge in [0.2, 0.25) is 22.9 Å². The lowest BCUT2D eigenvalue weighted by Gasteiger charge is -2.19. The molecular weight excluding hydrogens is 1120 g/mol. The third-order valence-corrected chi connectivity index (χ3v) is 17.6. The van der Waals surface area contributed by atoms with Crippen molar-refractivity contribution < 1.29 is 35.9 Å². The molecule has 444 valence electrons. The van der Waals surface area contributed by atoms with Crippen molar-refractivity contribution in [3.8, 4) is 0 Å². The molecule has 90 heavy (non-hydrogen) atoms. The smallest absolute Gasteiger partial charge is 0.405 e. The summed E-state index contributed by atoms with van der Waals surface area (Å²) in [6.45, 7) is 22.4. The lowest BCUT2D eigenvalue weighted by atomic mass is 9.61. The summed E-state index contributed by atoms with van der Waals surface area (Å²) in [5.74, 6) is 13.3. The zero-order valence-corrected chi connectivity index (χ0v) is 53.6. The first kappa shape index (κ1) is 58.8. The molecule has 0 saturated heterocycles. The van der Waals surface area contributed by atoms with Gasteiger partial charge in [0, 0.05) is 59.7 Å². The van der Waals surface area contributed by atoms with Gasteiger partial charge in [-0.2, -0.15) is 0 Å². The molecule has 12 aromatic rings. The van der Waals surface area contributed by atoms with Gasteiger partial charge < -0.3 is 17.7 Å². The Bertz CT molecular complexity index is 5390. The fourth-order valence-corrected chi connectivity index (χ4v) is 12.4. The second-order valence-electron chi connectivity index (χ2n) is 24.3. The van der Waals surface area contributed by atoms with Gasteiger partial charge in [-0.05, 0) is 181 Å². The molecular formula is C70H72B4N12O4+4. The van der Waals surface area contributed by atoms with E-state index >= 15 is 0 Å².